The summed E-state index contributed by atoms with van der Waals surface area (Å²) in [6.45, 7) is 0.262. The predicted molar refractivity (Wildman–Crippen MR) is 104 cm³/mol. The van der Waals surface area contributed by atoms with Crippen LogP contribution in [0.25, 0.3) is 0 Å². The molecule has 1 N–H and O–H groups in total. The van der Waals surface area contributed by atoms with Crippen LogP contribution in [0.15, 0.2) is 48.8 Å². The topological polar surface area (TPSA) is 75.9 Å². The number of aromatic nitrogens is 4. The van der Waals surface area contributed by atoms with E-state index >= 15 is 0 Å². The molecule has 0 spiro atoms. The molecule has 0 unspecified atom stereocenters. The summed E-state index contributed by atoms with van der Waals surface area (Å²) >= 11 is 0. The van der Waals surface area contributed by atoms with Crippen molar-refractivity contribution in [3.05, 3.63) is 65.7 Å². The lowest BCUT2D eigenvalue weighted by Crippen LogP contribution is -2.25. The highest BCUT2D eigenvalue weighted by atomic mass is 19.3. The van der Waals surface area contributed by atoms with Crippen LogP contribution in [0, 0.1) is 5.82 Å². The molecular formula is C20H19F3N6O. The molecule has 7 nitrogen and oxygen atoms in total. The van der Waals surface area contributed by atoms with Gasteiger partial charge in [0.15, 0.2) is 5.82 Å². The van der Waals surface area contributed by atoms with E-state index in [1.807, 2.05) is 0 Å². The van der Waals surface area contributed by atoms with E-state index in [0.717, 1.165) is 5.56 Å². The van der Waals surface area contributed by atoms with E-state index in [0.29, 0.717) is 23.7 Å². The van der Waals surface area contributed by atoms with Crippen LogP contribution < -0.4 is 10.2 Å². The standard InChI is InChI=1S/C20H19F3N6O/c21-16-4-1-14(2-5-16)12-29-25-11-17(27-29)26-19(30)9-15-3-6-18(24-10-15)28-8-7-20(22,23)13-28/h1-6,10-11H,7-9,12-13H2,(H,26,27,30). The molecule has 10 heteroatoms. The Morgan fingerprint density at radius 3 is 2.53 bits per heavy atom. The van der Waals surface area contributed by atoms with Gasteiger partial charge in [-0.2, -0.15) is 9.90 Å². The minimum absolute atomic E-state index is 0.0638. The van der Waals surface area contributed by atoms with Crippen molar-refractivity contribution in [3.63, 3.8) is 0 Å². The van der Waals surface area contributed by atoms with Gasteiger partial charge in [-0.3, -0.25) is 4.79 Å². The van der Waals surface area contributed by atoms with Crippen molar-refractivity contribution < 1.29 is 18.0 Å². The number of nitrogens with one attached hydrogen (secondary N) is 1. The molecule has 1 aromatic carbocycles. The first-order valence-electron chi connectivity index (χ1n) is 9.38. The van der Waals surface area contributed by atoms with Crippen molar-refractivity contribution in [2.45, 2.75) is 25.3 Å². The van der Waals surface area contributed by atoms with Crippen molar-refractivity contribution in [1.29, 1.82) is 0 Å². The molecule has 0 saturated carbocycles. The number of amides is 1. The molecule has 1 fully saturated rings. The number of nitrogens with zero attached hydrogens (tertiary/aromatic N) is 5. The molecular weight excluding hydrogens is 397 g/mol. The highest BCUT2D eigenvalue weighted by molar-refractivity contribution is 5.91. The van der Waals surface area contributed by atoms with Gasteiger partial charge in [0.1, 0.15) is 11.6 Å². The molecule has 3 heterocycles. The fourth-order valence-corrected chi connectivity index (χ4v) is 3.20. The number of alkyl halides is 2. The van der Waals surface area contributed by atoms with Crippen LogP contribution in [0.4, 0.5) is 24.8 Å². The maximum absolute atomic E-state index is 13.3. The number of hydrogen-bond donors (Lipinski definition) is 1. The molecule has 156 valence electrons. The lowest BCUT2D eigenvalue weighted by Gasteiger charge is -2.17. The summed E-state index contributed by atoms with van der Waals surface area (Å²) < 4.78 is 39.6. The largest absolute Gasteiger partial charge is 0.350 e. The Bertz CT molecular complexity index is 1020. The minimum Gasteiger partial charge on any atom is -0.350 e. The van der Waals surface area contributed by atoms with Crippen LogP contribution >= 0.6 is 0 Å². The molecule has 0 bridgehead atoms. The fraction of sp³-hybridized carbons (Fsp3) is 0.300. The number of halogens is 3. The third-order valence-electron chi connectivity index (χ3n) is 4.71. The van der Waals surface area contributed by atoms with Crippen LogP contribution in [0.3, 0.4) is 0 Å². The van der Waals surface area contributed by atoms with E-state index < -0.39 is 5.92 Å². The number of carbonyl (C=O) groups excluding carboxylic acids is 1. The maximum atomic E-state index is 13.3. The SMILES string of the molecule is O=C(Cc1ccc(N2CCC(F)(F)C2)nc1)Nc1cnn(Cc2ccc(F)cc2)n1. The Hall–Kier alpha value is -3.43. The first kappa shape index (κ1) is 19.9. The van der Waals surface area contributed by atoms with Gasteiger partial charge in [0.2, 0.25) is 5.91 Å². The summed E-state index contributed by atoms with van der Waals surface area (Å²) in [7, 11) is 0. The second-order valence-electron chi connectivity index (χ2n) is 7.16. The molecule has 0 aliphatic carbocycles. The lowest BCUT2D eigenvalue weighted by atomic mass is 10.2. The van der Waals surface area contributed by atoms with Crippen molar-refractivity contribution in [2.75, 3.05) is 23.3 Å². The molecule has 1 aliphatic rings. The molecule has 3 aromatic rings. The summed E-state index contributed by atoms with van der Waals surface area (Å²) in [5, 5.41) is 10.9. The highest BCUT2D eigenvalue weighted by Gasteiger charge is 2.38. The summed E-state index contributed by atoms with van der Waals surface area (Å²) in [6.07, 6.45) is 2.82. The predicted octanol–water partition coefficient (Wildman–Crippen LogP) is 2.89. The zero-order valence-electron chi connectivity index (χ0n) is 15.9. The zero-order chi connectivity index (χ0) is 21.1. The minimum atomic E-state index is -2.69. The normalized spacial score (nSPS) is 15.4. The Labute approximate surface area is 170 Å². The quantitative estimate of drug-likeness (QED) is 0.669. The number of hydrogen-bond acceptors (Lipinski definition) is 5. The Balaban J connectivity index is 1.30. The van der Waals surface area contributed by atoms with Crippen LogP contribution in [0.2, 0.25) is 0 Å². The van der Waals surface area contributed by atoms with Crippen molar-refractivity contribution >= 4 is 17.5 Å². The molecule has 30 heavy (non-hydrogen) atoms. The van der Waals surface area contributed by atoms with Gasteiger partial charge in [-0.05, 0) is 29.3 Å². The van der Waals surface area contributed by atoms with Gasteiger partial charge < -0.3 is 10.2 Å². The van der Waals surface area contributed by atoms with E-state index in [2.05, 4.69) is 20.5 Å². The summed E-state index contributed by atoms with van der Waals surface area (Å²) in [6, 6.07) is 9.33. The number of rotatable bonds is 6. The molecule has 0 radical (unpaired) electrons. The summed E-state index contributed by atoms with van der Waals surface area (Å²) in [4.78, 5) is 19.4. The first-order valence-corrected chi connectivity index (χ1v) is 9.38. The van der Waals surface area contributed by atoms with E-state index in [1.165, 1.54) is 34.2 Å². The van der Waals surface area contributed by atoms with Crippen molar-refractivity contribution in [3.8, 4) is 0 Å². The fourth-order valence-electron chi connectivity index (χ4n) is 3.20. The Morgan fingerprint density at radius 1 is 1.10 bits per heavy atom. The van der Waals surface area contributed by atoms with Crippen LogP contribution in [0.5, 0.6) is 0 Å². The van der Waals surface area contributed by atoms with Gasteiger partial charge in [0.05, 0.1) is 25.7 Å². The van der Waals surface area contributed by atoms with E-state index in [4.69, 9.17) is 0 Å². The summed E-state index contributed by atoms with van der Waals surface area (Å²) in [5.41, 5.74) is 1.48. The molecule has 0 atom stereocenters. The number of carbonyl (C=O) groups is 1. The summed E-state index contributed by atoms with van der Waals surface area (Å²) in [5.74, 6) is -2.54. The van der Waals surface area contributed by atoms with E-state index in [9.17, 15) is 18.0 Å². The zero-order valence-corrected chi connectivity index (χ0v) is 15.9. The molecule has 4 rings (SSSR count). The third kappa shape index (κ3) is 4.94. The Morgan fingerprint density at radius 2 is 1.87 bits per heavy atom. The van der Waals surface area contributed by atoms with Crippen LogP contribution in [-0.4, -0.2) is 44.9 Å². The number of pyridine rings is 1. The second-order valence-corrected chi connectivity index (χ2v) is 7.16. The maximum Gasteiger partial charge on any atom is 0.266 e. The van der Waals surface area contributed by atoms with Gasteiger partial charge in [-0.25, -0.2) is 18.2 Å². The average Bonchev–Trinajstić information content (AvgIpc) is 3.30. The molecule has 1 saturated heterocycles. The Kier molecular flexibility index (Phi) is 5.39. The van der Waals surface area contributed by atoms with Crippen molar-refractivity contribution in [1.82, 2.24) is 20.0 Å². The van der Waals surface area contributed by atoms with Crippen LogP contribution in [-0.2, 0) is 17.8 Å². The van der Waals surface area contributed by atoms with Gasteiger partial charge in [-0.1, -0.05) is 18.2 Å². The molecule has 1 amide bonds. The smallest absolute Gasteiger partial charge is 0.266 e. The second kappa shape index (κ2) is 8.13. The third-order valence-corrected chi connectivity index (χ3v) is 4.71. The van der Waals surface area contributed by atoms with Gasteiger partial charge >= 0.3 is 0 Å². The van der Waals surface area contributed by atoms with Crippen LogP contribution in [0.1, 0.15) is 17.5 Å². The first-order chi connectivity index (χ1) is 14.4. The van der Waals surface area contributed by atoms with Gasteiger partial charge in [-0.15, -0.1) is 5.10 Å². The van der Waals surface area contributed by atoms with E-state index in [-0.39, 0.29) is 37.7 Å². The monoisotopic (exact) mass is 416 g/mol. The van der Waals surface area contributed by atoms with E-state index in [1.54, 1.807) is 24.3 Å². The number of anilines is 2. The van der Waals surface area contributed by atoms with Gasteiger partial charge in [0.25, 0.3) is 5.92 Å². The van der Waals surface area contributed by atoms with Gasteiger partial charge in [0, 0.05) is 19.2 Å². The molecule has 2 aromatic heterocycles. The average molecular weight is 416 g/mol. The molecule has 1 aliphatic heterocycles. The lowest BCUT2D eigenvalue weighted by molar-refractivity contribution is -0.115. The number of benzene rings is 1. The van der Waals surface area contributed by atoms with Crippen molar-refractivity contribution in [2.24, 2.45) is 0 Å². The highest BCUT2D eigenvalue weighted by Crippen LogP contribution is 2.29.